The van der Waals surface area contributed by atoms with Crippen molar-refractivity contribution in [3.8, 4) is 5.75 Å². The fourth-order valence-corrected chi connectivity index (χ4v) is 3.02. The van der Waals surface area contributed by atoms with Gasteiger partial charge in [-0.05, 0) is 29.8 Å². The molecule has 0 bridgehead atoms. The van der Waals surface area contributed by atoms with E-state index < -0.39 is 0 Å². The number of morpholine rings is 1. The van der Waals surface area contributed by atoms with E-state index in [2.05, 4.69) is 58.3 Å². The molecule has 0 N–H and O–H groups in total. The number of benzene rings is 2. The van der Waals surface area contributed by atoms with Crippen LogP contribution < -0.4 is 9.64 Å². The molecule has 1 fully saturated rings. The molecule has 0 unspecified atom stereocenters. The first-order valence-corrected chi connectivity index (χ1v) is 8.58. The molecular formula is C20H26N2O2. The second-order valence-corrected chi connectivity index (χ2v) is 6.06. The minimum Gasteiger partial charge on any atom is -0.497 e. The highest BCUT2D eigenvalue weighted by atomic mass is 16.5. The van der Waals surface area contributed by atoms with Crippen LogP contribution in [0, 0.1) is 0 Å². The van der Waals surface area contributed by atoms with Crippen LogP contribution in [0.1, 0.15) is 5.56 Å². The number of anilines is 1. The number of rotatable bonds is 7. The van der Waals surface area contributed by atoms with Gasteiger partial charge in [0, 0.05) is 38.4 Å². The van der Waals surface area contributed by atoms with Crippen molar-refractivity contribution >= 4 is 5.69 Å². The summed E-state index contributed by atoms with van der Waals surface area (Å²) in [5, 5.41) is 0. The highest BCUT2D eigenvalue weighted by Crippen LogP contribution is 2.19. The van der Waals surface area contributed by atoms with Gasteiger partial charge in [-0.25, -0.2) is 0 Å². The summed E-state index contributed by atoms with van der Waals surface area (Å²) in [5.74, 6) is 0.911. The maximum absolute atomic E-state index is 5.44. The highest BCUT2D eigenvalue weighted by Gasteiger charge is 2.13. The third-order valence-electron chi connectivity index (χ3n) is 4.42. The molecule has 1 aliphatic rings. The summed E-state index contributed by atoms with van der Waals surface area (Å²) in [4.78, 5) is 4.91. The van der Waals surface area contributed by atoms with Crippen LogP contribution >= 0.6 is 0 Å². The van der Waals surface area contributed by atoms with Gasteiger partial charge in [0.2, 0.25) is 0 Å². The molecule has 0 aromatic heterocycles. The molecule has 24 heavy (non-hydrogen) atoms. The lowest BCUT2D eigenvalue weighted by molar-refractivity contribution is 0.0391. The zero-order valence-electron chi connectivity index (χ0n) is 14.4. The Kier molecular flexibility index (Phi) is 6.10. The first-order chi connectivity index (χ1) is 11.8. The Labute approximate surface area is 144 Å². The van der Waals surface area contributed by atoms with Crippen molar-refractivity contribution in [1.82, 2.24) is 4.90 Å². The topological polar surface area (TPSA) is 24.9 Å². The van der Waals surface area contributed by atoms with Crippen LogP contribution in [0.25, 0.3) is 0 Å². The monoisotopic (exact) mass is 326 g/mol. The van der Waals surface area contributed by atoms with Crippen molar-refractivity contribution in [2.45, 2.75) is 6.54 Å². The molecule has 1 heterocycles. The number of hydrogen-bond acceptors (Lipinski definition) is 4. The largest absolute Gasteiger partial charge is 0.497 e. The third-order valence-corrected chi connectivity index (χ3v) is 4.42. The van der Waals surface area contributed by atoms with E-state index in [1.165, 1.54) is 11.3 Å². The molecular weight excluding hydrogens is 300 g/mol. The van der Waals surface area contributed by atoms with Crippen molar-refractivity contribution in [1.29, 1.82) is 0 Å². The van der Waals surface area contributed by atoms with Crippen LogP contribution in [0.3, 0.4) is 0 Å². The summed E-state index contributed by atoms with van der Waals surface area (Å²) in [7, 11) is 1.71. The molecule has 0 amide bonds. The molecule has 0 radical (unpaired) electrons. The number of para-hydroxylation sites is 1. The van der Waals surface area contributed by atoms with Crippen LogP contribution in [0.5, 0.6) is 5.75 Å². The fraction of sp³-hybridized carbons (Fsp3) is 0.400. The number of nitrogens with zero attached hydrogens (tertiary/aromatic N) is 2. The summed E-state index contributed by atoms with van der Waals surface area (Å²) in [6.07, 6.45) is 0. The number of ether oxygens (including phenoxy) is 2. The zero-order chi connectivity index (χ0) is 16.6. The van der Waals surface area contributed by atoms with Gasteiger partial charge in [-0.3, -0.25) is 4.90 Å². The number of hydrogen-bond donors (Lipinski definition) is 0. The molecule has 1 aliphatic heterocycles. The molecule has 0 spiro atoms. The van der Waals surface area contributed by atoms with E-state index in [9.17, 15) is 0 Å². The first kappa shape index (κ1) is 16.8. The predicted octanol–water partition coefficient (Wildman–Crippen LogP) is 3.03. The average molecular weight is 326 g/mol. The van der Waals surface area contributed by atoms with Gasteiger partial charge in [0.1, 0.15) is 5.75 Å². The minimum absolute atomic E-state index is 0.848. The summed E-state index contributed by atoms with van der Waals surface area (Å²) in [5.41, 5.74) is 2.52. The molecule has 4 nitrogen and oxygen atoms in total. The average Bonchev–Trinajstić information content (AvgIpc) is 2.67. The van der Waals surface area contributed by atoms with Crippen molar-refractivity contribution in [3.63, 3.8) is 0 Å². The highest BCUT2D eigenvalue weighted by molar-refractivity contribution is 5.47. The van der Waals surface area contributed by atoms with Gasteiger partial charge in [-0.2, -0.15) is 0 Å². The van der Waals surface area contributed by atoms with Gasteiger partial charge in [-0.1, -0.05) is 30.3 Å². The Morgan fingerprint density at radius 1 is 1.04 bits per heavy atom. The van der Waals surface area contributed by atoms with E-state index in [0.717, 1.165) is 51.7 Å². The molecule has 128 valence electrons. The van der Waals surface area contributed by atoms with Crippen LogP contribution in [0.15, 0.2) is 54.6 Å². The van der Waals surface area contributed by atoms with Gasteiger partial charge >= 0.3 is 0 Å². The standard InChI is InChI=1S/C20H26N2O2/c1-23-20-9-5-6-18(16-20)17-22(19-7-3-2-4-8-19)11-10-21-12-14-24-15-13-21/h2-9,16H,10-15,17H2,1H3. The van der Waals surface area contributed by atoms with Gasteiger partial charge < -0.3 is 14.4 Å². The molecule has 0 atom stereocenters. The molecule has 1 saturated heterocycles. The van der Waals surface area contributed by atoms with E-state index in [1.54, 1.807) is 7.11 Å². The molecule has 3 rings (SSSR count). The number of methoxy groups -OCH3 is 1. The van der Waals surface area contributed by atoms with Crippen LogP contribution in [0.4, 0.5) is 5.69 Å². The Bertz CT molecular complexity index is 612. The normalized spacial score (nSPS) is 15.2. The molecule has 0 aliphatic carbocycles. The van der Waals surface area contributed by atoms with E-state index in [4.69, 9.17) is 9.47 Å². The van der Waals surface area contributed by atoms with Crippen molar-refractivity contribution in [3.05, 3.63) is 60.2 Å². The predicted molar refractivity (Wildman–Crippen MR) is 97.7 cm³/mol. The first-order valence-electron chi connectivity index (χ1n) is 8.58. The van der Waals surface area contributed by atoms with E-state index in [1.807, 2.05) is 6.07 Å². The Hall–Kier alpha value is -2.04. The van der Waals surface area contributed by atoms with Crippen molar-refractivity contribution < 1.29 is 9.47 Å². The van der Waals surface area contributed by atoms with Crippen LogP contribution in [0.2, 0.25) is 0 Å². The quantitative estimate of drug-likeness (QED) is 0.781. The third kappa shape index (κ3) is 4.73. The van der Waals surface area contributed by atoms with Crippen molar-refractivity contribution in [2.75, 3.05) is 51.4 Å². The Morgan fingerprint density at radius 2 is 1.83 bits per heavy atom. The smallest absolute Gasteiger partial charge is 0.119 e. The van der Waals surface area contributed by atoms with Gasteiger partial charge in [0.05, 0.1) is 20.3 Å². The second-order valence-electron chi connectivity index (χ2n) is 6.06. The maximum Gasteiger partial charge on any atom is 0.119 e. The summed E-state index contributed by atoms with van der Waals surface area (Å²) in [6, 6.07) is 18.9. The van der Waals surface area contributed by atoms with Crippen molar-refractivity contribution in [2.24, 2.45) is 0 Å². The lowest BCUT2D eigenvalue weighted by Crippen LogP contribution is -2.41. The Balaban J connectivity index is 1.69. The van der Waals surface area contributed by atoms with Gasteiger partial charge in [0.25, 0.3) is 0 Å². The molecule has 4 heteroatoms. The lowest BCUT2D eigenvalue weighted by atomic mass is 10.2. The SMILES string of the molecule is COc1cccc(CN(CCN2CCOCC2)c2ccccc2)c1. The van der Waals surface area contributed by atoms with Crippen LogP contribution in [-0.2, 0) is 11.3 Å². The molecule has 0 saturated carbocycles. The summed E-state index contributed by atoms with van der Waals surface area (Å²) < 4.78 is 10.8. The van der Waals surface area contributed by atoms with E-state index in [-0.39, 0.29) is 0 Å². The van der Waals surface area contributed by atoms with Gasteiger partial charge in [0.15, 0.2) is 0 Å². The molecule has 2 aromatic carbocycles. The molecule has 2 aromatic rings. The van der Waals surface area contributed by atoms with Crippen LogP contribution in [-0.4, -0.2) is 51.4 Å². The summed E-state index contributed by atoms with van der Waals surface area (Å²) in [6.45, 7) is 6.70. The summed E-state index contributed by atoms with van der Waals surface area (Å²) >= 11 is 0. The minimum atomic E-state index is 0.848. The van der Waals surface area contributed by atoms with Gasteiger partial charge in [-0.15, -0.1) is 0 Å². The van der Waals surface area contributed by atoms with E-state index >= 15 is 0 Å². The maximum atomic E-state index is 5.44. The Morgan fingerprint density at radius 3 is 2.58 bits per heavy atom. The second kappa shape index (κ2) is 8.71. The van der Waals surface area contributed by atoms with E-state index in [0.29, 0.717) is 0 Å². The fourth-order valence-electron chi connectivity index (χ4n) is 3.02. The zero-order valence-corrected chi connectivity index (χ0v) is 14.4. The lowest BCUT2D eigenvalue weighted by Gasteiger charge is -2.31.